The molecule has 16 heavy (non-hydrogen) atoms. The number of ether oxygens (including phenoxy) is 1. The number of aryl methyl sites for hydroxylation is 1. The van der Waals surface area contributed by atoms with Gasteiger partial charge >= 0.3 is 5.97 Å². The lowest BCUT2D eigenvalue weighted by Gasteiger charge is -2.06. The number of hydrogen-bond acceptors (Lipinski definition) is 3. The Morgan fingerprint density at radius 2 is 2.19 bits per heavy atom. The second kappa shape index (κ2) is 4.87. The molecule has 0 atom stereocenters. The van der Waals surface area contributed by atoms with E-state index in [4.69, 9.17) is 0 Å². The van der Waals surface area contributed by atoms with Gasteiger partial charge in [0.25, 0.3) is 6.43 Å². The van der Waals surface area contributed by atoms with Crippen LogP contribution in [-0.2, 0) is 16.0 Å². The highest BCUT2D eigenvalue weighted by atomic mass is 19.3. The number of aromatic nitrogens is 1. The normalized spacial score (nSPS) is 10.6. The monoisotopic (exact) mass is 231 g/mol. The van der Waals surface area contributed by atoms with Crippen LogP contribution < -0.4 is 5.43 Å². The number of esters is 1. The Bertz CT molecular complexity index is 454. The van der Waals surface area contributed by atoms with E-state index in [2.05, 4.69) is 9.72 Å². The van der Waals surface area contributed by atoms with Crippen molar-refractivity contribution in [2.24, 2.45) is 0 Å². The summed E-state index contributed by atoms with van der Waals surface area (Å²) in [6, 6.07) is 0.991. The summed E-state index contributed by atoms with van der Waals surface area (Å²) in [7, 11) is 1.21. The van der Waals surface area contributed by atoms with Crippen LogP contribution in [0.25, 0.3) is 0 Å². The maximum absolute atomic E-state index is 12.4. The Morgan fingerprint density at radius 1 is 1.56 bits per heavy atom. The molecule has 0 aliphatic carbocycles. The van der Waals surface area contributed by atoms with Crippen molar-refractivity contribution in [2.45, 2.75) is 19.8 Å². The summed E-state index contributed by atoms with van der Waals surface area (Å²) < 4.78 is 29.3. The number of pyridine rings is 1. The zero-order chi connectivity index (χ0) is 12.3. The fraction of sp³-hybridized carbons (Fsp3) is 0.400. The molecule has 1 aromatic heterocycles. The van der Waals surface area contributed by atoms with Crippen LogP contribution in [0.15, 0.2) is 10.9 Å². The number of nitrogens with one attached hydrogen (secondary N) is 1. The first-order chi connectivity index (χ1) is 7.45. The van der Waals surface area contributed by atoms with E-state index in [9.17, 15) is 18.4 Å². The van der Waals surface area contributed by atoms with Crippen LogP contribution in [0.2, 0.25) is 0 Å². The van der Waals surface area contributed by atoms with Crippen molar-refractivity contribution < 1.29 is 18.3 Å². The minimum absolute atomic E-state index is 0.0707. The quantitative estimate of drug-likeness (QED) is 0.798. The molecule has 0 bridgehead atoms. The number of halogens is 2. The third-order valence-electron chi connectivity index (χ3n) is 2.10. The maximum atomic E-state index is 12.4. The molecule has 0 saturated heterocycles. The van der Waals surface area contributed by atoms with Crippen molar-refractivity contribution in [1.82, 2.24) is 4.98 Å². The van der Waals surface area contributed by atoms with E-state index in [-0.39, 0.29) is 17.8 Å². The number of carbonyl (C=O) groups is 1. The van der Waals surface area contributed by atoms with Crippen LogP contribution in [0, 0.1) is 6.92 Å². The molecule has 1 heterocycles. The van der Waals surface area contributed by atoms with Gasteiger partial charge in [-0.2, -0.15) is 0 Å². The van der Waals surface area contributed by atoms with Gasteiger partial charge in [-0.1, -0.05) is 0 Å². The van der Waals surface area contributed by atoms with E-state index in [1.54, 1.807) is 0 Å². The van der Waals surface area contributed by atoms with Gasteiger partial charge in [-0.05, 0) is 6.92 Å². The lowest BCUT2D eigenvalue weighted by atomic mass is 10.1. The van der Waals surface area contributed by atoms with Crippen molar-refractivity contribution in [3.05, 3.63) is 33.2 Å². The smallest absolute Gasteiger partial charge is 0.311 e. The summed E-state index contributed by atoms with van der Waals surface area (Å²) in [6.45, 7) is 1.36. The van der Waals surface area contributed by atoms with Crippen LogP contribution in [0.1, 0.15) is 23.4 Å². The molecule has 0 amide bonds. The van der Waals surface area contributed by atoms with E-state index in [0.29, 0.717) is 0 Å². The Kier molecular flexibility index (Phi) is 3.76. The Hall–Kier alpha value is -1.72. The molecular formula is C10H11F2NO3. The van der Waals surface area contributed by atoms with Gasteiger partial charge in [-0.25, -0.2) is 8.78 Å². The molecule has 0 saturated carbocycles. The van der Waals surface area contributed by atoms with Crippen molar-refractivity contribution >= 4 is 5.97 Å². The average molecular weight is 231 g/mol. The molecule has 0 spiro atoms. The maximum Gasteiger partial charge on any atom is 0.311 e. The summed E-state index contributed by atoms with van der Waals surface area (Å²) in [5, 5.41) is 0. The van der Waals surface area contributed by atoms with Gasteiger partial charge in [0.05, 0.1) is 19.1 Å². The Morgan fingerprint density at radius 3 is 2.62 bits per heavy atom. The summed E-state index contributed by atoms with van der Waals surface area (Å²) in [5.41, 5.74) is -1.00. The number of alkyl halides is 2. The van der Waals surface area contributed by atoms with Crippen molar-refractivity contribution in [1.29, 1.82) is 0 Å². The van der Waals surface area contributed by atoms with E-state index >= 15 is 0 Å². The first-order valence-corrected chi connectivity index (χ1v) is 4.53. The van der Waals surface area contributed by atoms with E-state index in [1.165, 1.54) is 14.0 Å². The van der Waals surface area contributed by atoms with Crippen LogP contribution in [-0.4, -0.2) is 18.1 Å². The second-order valence-corrected chi connectivity index (χ2v) is 3.25. The van der Waals surface area contributed by atoms with E-state index in [1.807, 2.05) is 0 Å². The zero-order valence-corrected chi connectivity index (χ0v) is 8.84. The molecule has 6 heteroatoms. The highest BCUT2D eigenvalue weighted by molar-refractivity contribution is 5.71. The minimum Gasteiger partial charge on any atom is -0.469 e. The zero-order valence-electron chi connectivity index (χ0n) is 8.84. The molecule has 0 radical (unpaired) electrons. The summed E-state index contributed by atoms with van der Waals surface area (Å²) in [5.74, 6) is -0.542. The van der Waals surface area contributed by atoms with E-state index in [0.717, 1.165) is 6.07 Å². The predicted molar refractivity (Wildman–Crippen MR) is 52.5 cm³/mol. The summed E-state index contributed by atoms with van der Waals surface area (Å²) in [6.07, 6.45) is -2.97. The molecular weight excluding hydrogens is 220 g/mol. The number of carbonyl (C=O) groups excluding carboxylic acids is 1. The molecule has 1 N–H and O–H groups in total. The van der Waals surface area contributed by atoms with Crippen LogP contribution in [0.4, 0.5) is 8.78 Å². The van der Waals surface area contributed by atoms with Gasteiger partial charge in [-0.15, -0.1) is 0 Å². The third kappa shape index (κ3) is 2.65. The topological polar surface area (TPSA) is 59.2 Å². The van der Waals surface area contributed by atoms with Gasteiger partial charge in [-0.3, -0.25) is 9.59 Å². The third-order valence-corrected chi connectivity index (χ3v) is 2.10. The number of rotatable bonds is 3. The highest BCUT2D eigenvalue weighted by Gasteiger charge is 2.16. The van der Waals surface area contributed by atoms with Crippen molar-refractivity contribution in [3.63, 3.8) is 0 Å². The Labute approximate surface area is 90.2 Å². The summed E-state index contributed by atoms with van der Waals surface area (Å²) >= 11 is 0. The second-order valence-electron chi connectivity index (χ2n) is 3.25. The Balaban J connectivity index is 3.10. The lowest BCUT2D eigenvalue weighted by Crippen LogP contribution is -2.16. The number of aromatic amines is 1. The van der Waals surface area contributed by atoms with Crippen LogP contribution >= 0.6 is 0 Å². The average Bonchev–Trinajstić information content (AvgIpc) is 2.15. The van der Waals surface area contributed by atoms with Gasteiger partial charge in [0.2, 0.25) is 0 Å². The number of H-pyrrole nitrogens is 1. The largest absolute Gasteiger partial charge is 0.469 e. The molecule has 0 unspecified atom stereocenters. The molecule has 4 nitrogen and oxygen atoms in total. The number of methoxy groups -OCH3 is 1. The molecule has 0 fully saturated rings. The lowest BCUT2D eigenvalue weighted by molar-refractivity contribution is -0.139. The molecule has 88 valence electrons. The van der Waals surface area contributed by atoms with Crippen LogP contribution in [0.5, 0.6) is 0 Å². The number of hydrogen-bond donors (Lipinski definition) is 1. The van der Waals surface area contributed by atoms with Gasteiger partial charge in [0.1, 0.15) is 0 Å². The first-order valence-electron chi connectivity index (χ1n) is 4.53. The highest BCUT2D eigenvalue weighted by Crippen LogP contribution is 2.17. The molecule has 1 aromatic rings. The molecule has 0 aliphatic rings. The van der Waals surface area contributed by atoms with Crippen LogP contribution in [0.3, 0.4) is 0 Å². The fourth-order valence-corrected chi connectivity index (χ4v) is 1.36. The molecule has 1 rings (SSSR count). The summed E-state index contributed by atoms with van der Waals surface area (Å²) in [4.78, 5) is 24.8. The molecule has 0 aliphatic heterocycles. The minimum atomic E-state index is -2.82. The fourth-order valence-electron chi connectivity index (χ4n) is 1.36. The standard InChI is InChI=1S/C10H11F2NO3/c1-5-9(10(11)12)7(14)3-6(13-5)4-8(15)16-2/h3,10H,4H2,1-2H3,(H,13,14). The van der Waals surface area contributed by atoms with Gasteiger partial charge in [0, 0.05) is 17.5 Å². The van der Waals surface area contributed by atoms with Crippen molar-refractivity contribution in [2.75, 3.05) is 7.11 Å². The molecule has 0 aromatic carbocycles. The first kappa shape index (κ1) is 12.4. The van der Waals surface area contributed by atoms with Gasteiger partial charge < -0.3 is 9.72 Å². The van der Waals surface area contributed by atoms with Crippen molar-refractivity contribution in [3.8, 4) is 0 Å². The SMILES string of the molecule is COC(=O)Cc1cc(=O)c(C(F)F)c(C)[nH]1. The van der Waals surface area contributed by atoms with E-state index < -0.39 is 23.4 Å². The predicted octanol–water partition coefficient (Wildman–Crippen LogP) is 1.34. The van der Waals surface area contributed by atoms with Gasteiger partial charge in [0.15, 0.2) is 5.43 Å².